The Morgan fingerprint density at radius 3 is 1.25 bits per heavy atom. The third kappa shape index (κ3) is 77.8. The van der Waals surface area contributed by atoms with Gasteiger partial charge in [0.1, 0.15) is 0 Å². The van der Waals surface area contributed by atoms with Crippen LogP contribution in [0.25, 0.3) is 0 Å². The first kappa shape index (κ1) is 18.3. The van der Waals surface area contributed by atoms with Crippen molar-refractivity contribution < 1.29 is 38.6 Å². The predicted molar refractivity (Wildman–Crippen MR) is 37.8 cm³/mol. The van der Waals surface area contributed by atoms with E-state index < -0.39 is 10.4 Å². The third-order valence-electron chi connectivity index (χ3n) is 0.658. The minimum absolute atomic E-state index is 0. The molecule has 0 atom stereocenters. The van der Waals surface area contributed by atoms with Crippen molar-refractivity contribution >= 4 is 10.4 Å². The summed E-state index contributed by atoms with van der Waals surface area (Å²) < 4.78 is 34.1. The molecule has 0 unspecified atom stereocenters. The maximum absolute atomic E-state index is 8.52. The van der Waals surface area contributed by atoms with Gasteiger partial charge in [-0.3, -0.25) is 8.42 Å². The van der Waals surface area contributed by atoms with Gasteiger partial charge in [-0.25, -0.2) is 0 Å². The van der Waals surface area contributed by atoms with E-state index in [4.69, 9.17) is 29.0 Å². The second kappa shape index (κ2) is 11.5. The molecular formula is C4H12N2O4PtS. The van der Waals surface area contributed by atoms with Crippen LogP contribution >= 0.6 is 0 Å². The van der Waals surface area contributed by atoms with Crippen molar-refractivity contribution in [3.05, 3.63) is 0 Å². The van der Waals surface area contributed by atoms with E-state index in [9.17, 15) is 0 Å². The van der Waals surface area contributed by atoms with Crippen molar-refractivity contribution in [3.63, 3.8) is 0 Å². The number of rotatable bonds is 3. The quantitative estimate of drug-likeness (QED) is 0.343. The third-order valence-corrected chi connectivity index (χ3v) is 0.658. The summed E-state index contributed by atoms with van der Waals surface area (Å²) in [5.41, 5.74) is 10.3. The summed E-state index contributed by atoms with van der Waals surface area (Å²) in [4.78, 5) is 0. The molecule has 0 amide bonds. The van der Waals surface area contributed by atoms with E-state index in [0.717, 1.165) is 25.9 Å². The minimum Gasteiger partial charge on any atom is -0.759 e. The molecule has 4 N–H and O–H groups in total. The van der Waals surface area contributed by atoms with Gasteiger partial charge in [-0.2, -0.15) is 0 Å². The molecule has 6 nitrogen and oxygen atoms in total. The fourth-order valence-electron chi connectivity index (χ4n) is 0.289. The Bertz CT molecular complexity index is 148. The van der Waals surface area contributed by atoms with Crippen molar-refractivity contribution in [2.45, 2.75) is 12.8 Å². The Morgan fingerprint density at radius 1 is 1.00 bits per heavy atom. The average molecular weight is 379 g/mol. The first-order chi connectivity index (χ1) is 4.91. The topological polar surface area (TPSA) is 132 Å². The van der Waals surface area contributed by atoms with E-state index >= 15 is 0 Å². The number of hydrogen-bond donors (Lipinski definition) is 2. The van der Waals surface area contributed by atoms with Gasteiger partial charge in [0.25, 0.3) is 0 Å². The Kier molecular flexibility index (Phi) is 17.5. The Morgan fingerprint density at radius 2 is 1.17 bits per heavy atom. The zero-order valence-electron chi connectivity index (χ0n) is 6.34. The van der Waals surface area contributed by atoms with Crippen LogP contribution in [0.2, 0.25) is 0 Å². The van der Waals surface area contributed by atoms with E-state index in [1.165, 1.54) is 0 Å². The van der Waals surface area contributed by atoms with Gasteiger partial charge in [0.2, 0.25) is 0 Å². The molecule has 0 saturated carbocycles. The van der Waals surface area contributed by atoms with Gasteiger partial charge < -0.3 is 20.6 Å². The van der Waals surface area contributed by atoms with Gasteiger partial charge in [-0.05, 0) is 25.9 Å². The SMILES string of the molecule is NCCCCN.O=S(=O)([O-])[O-].[Pt+2]. The van der Waals surface area contributed by atoms with Gasteiger partial charge in [0, 0.05) is 10.4 Å². The molecule has 78 valence electrons. The van der Waals surface area contributed by atoms with Crippen molar-refractivity contribution in [2.75, 3.05) is 13.1 Å². The first-order valence-electron chi connectivity index (χ1n) is 2.98. The summed E-state index contributed by atoms with van der Waals surface area (Å²) in [5.74, 6) is 0. The van der Waals surface area contributed by atoms with Crippen molar-refractivity contribution in [2.24, 2.45) is 11.5 Å². The molecule has 0 aromatic heterocycles. The van der Waals surface area contributed by atoms with E-state index in [-0.39, 0.29) is 21.1 Å². The summed E-state index contributed by atoms with van der Waals surface area (Å²) in [6.07, 6.45) is 2.13. The molecule has 12 heavy (non-hydrogen) atoms. The van der Waals surface area contributed by atoms with Crippen LogP contribution in [-0.4, -0.2) is 30.6 Å². The van der Waals surface area contributed by atoms with Crippen LogP contribution in [0, 0.1) is 0 Å². The Hall–Kier alpha value is 0.478. The molecule has 0 fully saturated rings. The van der Waals surface area contributed by atoms with Crippen molar-refractivity contribution in [1.29, 1.82) is 0 Å². The van der Waals surface area contributed by atoms with Crippen LogP contribution in [0.15, 0.2) is 0 Å². The second-order valence-electron chi connectivity index (χ2n) is 1.69. The van der Waals surface area contributed by atoms with Crippen LogP contribution in [0.1, 0.15) is 12.8 Å². The minimum atomic E-state index is -5.17. The molecule has 0 aromatic rings. The van der Waals surface area contributed by atoms with E-state index in [1.807, 2.05) is 0 Å². The zero-order chi connectivity index (χ0) is 9.33. The van der Waals surface area contributed by atoms with Gasteiger partial charge in [-0.15, -0.1) is 0 Å². The van der Waals surface area contributed by atoms with E-state index in [0.29, 0.717) is 0 Å². The molecule has 0 spiro atoms. The van der Waals surface area contributed by atoms with Crippen LogP contribution in [0.5, 0.6) is 0 Å². The largest absolute Gasteiger partial charge is 2.00 e. The average Bonchev–Trinajstić information content (AvgIpc) is 1.79. The molecule has 0 heterocycles. The smallest absolute Gasteiger partial charge is 0.759 e. The van der Waals surface area contributed by atoms with Crippen LogP contribution in [0.4, 0.5) is 0 Å². The second-order valence-corrected chi connectivity index (χ2v) is 2.51. The van der Waals surface area contributed by atoms with Crippen LogP contribution in [-0.2, 0) is 31.5 Å². The summed E-state index contributed by atoms with van der Waals surface area (Å²) >= 11 is 0. The van der Waals surface area contributed by atoms with Crippen LogP contribution in [0.3, 0.4) is 0 Å². The first-order valence-corrected chi connectivity index (χ1v) is 4.32. The van der Waals surface area contributed by atoms with Gasteiger partial charge in [0.05, 0.1) is 0 Å². The molecular weight excluding hydrogens is 367 g/mol. The number of nitrogens with two attached hydrogens (primary N) is 2. The molecule has 8 heteroatoms. The van der Waals surface area contributed by atoms with Gasteiger partial charge in [0.15, 0.2) is 0 Å². The summed E-state index contributed by atoms with van der Waals surface area (Å²) in [6, 6.07) is 0. The maximum Gasteiger partial charge on any atom is 2.00 e. The summed E-state index contributed by atoms with van der Waals surface area (Å²) in [5, 5.41) is 0. The van der Waals surface area contributed by atoms with Gasteiger partial charge in [-0.1, -0.05) is 0 Å². The Labute approximate surface area is 86.5 Å². The fraction of sp³-hybridized carbons (Fsp3) is 1.00. The van der Waals surface area contributed by atoms with Crippen molar-refractivity contribution in [1.82, 2.24) is 0 Å². The summed E-state index contributed by atoms with van der Waals surface area (Å²) in [6.45, 7) is 1.55. The molecule has 0 aromatic carbocycles. The standard InChI is InChI=1S/C4H12N2.H2O4S.Pt/c5-3-1-2-4-6;1-5(2,3)4;/h1-6H2;(H2,1,2,3,4);/q;;+2/p-2. The normalized spacial score (nSPS) is 9.33. The molecule has 0 rings (SSSR count). The molecule has 0 aliphatic heterocycles. The Balaban J connectivity index is -0.000000126. The van der Waals surface area contributed by atoms with E-state index in [1.54, 1.807) is 0 Å². The number of unbranched alkanes of at least 4 members (excludes halogenated alkanes) is 1. The number of hydrogen-bond acceptors (Lipinski definition) is 6. The maximum atomic E-state index is 8.52. The molecule has 0 aliphatic rings. The molecule has 0 saturated heterocycles. The fourth-order valence-corrected chi connectivity index (χ4v) is 0.289. The van der Waals surface area contributed by atoms with Crippen molar-refractivity contribution in [3.8, 4) is 0 Å². The monoisotopic (exact) mass is 379 g/mol. The van der Waals surface area contributed by atoms with E-state index in [2.05, 4.69) is 0 Å². The molecule has 0 radical (unpaired) electrons. The predicted octanol–water partition coefficient (Wildman–Crippen LogP) is -1.66. The summed E-state index contributed by atoms with van der Waals surface area (Å²) in [7, 11) is -5.17. The molecule has 0 bridgehead atoms. The van der Waals surface area contributed by atoms with Crippen LogP contribution < -0.4 is 11.5 Å². The zero-order valence-corrected chi connectivity index (χ0v) is 9.43. The van der Waals surface area contributed by atoms with Gasteiger partial charge >= 0.3 is 21.1 Å². The molecule has 0 aliphatic carbocycles.